The lowest BCUT2D eigenvalue weighted by molar-refractivity contribution is -0.171. The van der Waals surface area contributed by atoms with Gasteiger partial charge in [-0.2, -0.15) is 9.37 Å². The molecule has 242 valence electrons. The molecule has 4 atom stereocenters. The van der Waals surface area contributed by atoms with E-state index < -0.39 is 48.3 Å². The molecule has 1 amide bonds. The molecule has 0 aliphatic carbocycles. The molecule has 3 aromatic rings. The van der Waals surface area contributed by atoms with Crippen LogP contribution in [-0.2, 0) is 24.0 Å². The Labute approximate surface area is 269 Å². The molecule has 0 spiro atoms. The Morgan fingerprint density at radius 1 is 0.867 bits per heavy atom. The van der Waals surface area contributed by atoms with Crippen molar-refractivity contribution in [1.29, 1.82) is 0 Å². The molecule has 0 bridgehead atoms. The first-order valence-electron chi connectivity index (χ1n) is 15.6. The van der Waals surface area contributed by atoms with E-state index in [0.717, 1.165) is 15.9 Å². The molecule has 8 nitrogen and oxygen atoms in total. The van der Waals surface area contributed by atoms with Crippen molar-refractivity contribution >= 4 is 34.8 Å². The summed E-state index contributed by atoms with van der Waals surface area (Å²) < 4.78 is 42.2. The van der Waals surface area contributed by atoms with E-state index in [2.05, 4.69) is 45.0 Å². The number of nitrogens with zero attached hydrogens (tertiary/aromatic N) is 2. The Hall–Kier alpha value is -3.02. The van der Waals surface area contributed by atoms with Gasteiger partial charge in [-0.3, -0.25) is 4.84 Å². The second-order valence-electron chi connectivity index (χ2n) is 14.2. The van der Waals surface area contributed by atoms with Gasteiger partial charge in [-0.05, 0) is 62.2 Å². The number of amides is 1. The van der Waals surface area contributed by atoms with Gasteiger partial charge in [-0.15, -0.1) is 0 Å². The van der Waals surface area contributed by atoms with Crippen LogP contribution in [0, 0.1) is 12.8 Å². The van der Waals surface area contributed by atoms with E-state index in [-0.39, 0.29) is 28.9 Å². The molecular formula is C35H46N2O6SSi. The van der Waals surface area contributed by atoms with Crippen LogP contribution in [0.3, 0.4) is 0 Å². The third-order valence-electron chi connectivity index (χ3n) is 8.73. The quantitative estimate of drug-likeness (QED) is 0.314. The average molecular weight is 651 g/mol. The molecule has 0 radical (unpaired) electrons. The van der Waals surface area contributed by atoms with Crippen LogP contribution in [0.4, 0.5) is 4.79 Å². The molecule has 3 aromatic carbocycles. The molecule has 2 aliphatic rings. The number of rotatable bonds is 7. The minimum absolute atomic E-state index is 0.0998. The number of ether oxygens (including phenoxy) is 1. The first kappa shape index (κ1) is 33.3. The Kier molecular flexibility index (Phi) is 9.11. The average Bonchev–Trinajstić information content (AvgIpc) is 3.56. The highest BCUT2D eigenvalue weighted by Crippen LogP contribution is 2.43. The normalized spacial score (nSPS) is 21.9. The number of sulfonamides is 1. The number of hydrogen-bond donors (Lipinski definition) is 0. The number of carbonyl (C=O) groups is 1. The van der Waals surface area contributed by atoms with Crippen LogP contribution in [0.2, 0.25) is 5.04 Å². The van der Waals surface area contributed by atoms with Crippen molar-refractivity contribution in [3.8, 4) is 0 Å². The van der Waals surface area contributed by atoms with Gasteiger partial charge < -0.3 is 9.16 Å². The highest BCUT2D eigenvalue weighted by Gasteiger charge is 2.58. The van der Waals surface area contributed by atoms with Gasteiger partial charge >= 0.3 is 6.09 Å². The molecule has 10 heteroatoms. The van der Waals surface area contributed by atoms with E-state index in [0.29, 0.717) is 0 Å². The summed E-state index contributed by atoms with van der Waals surface area (Å²) in [5.74, 6) is -0.328. The van der Waals surface area contributed by atoms with Crippen LogP contribution in [0.5, 0.6) is 0 Å². The van der Waals surface area contributed by atoms with Crippen LogP contribution in [0.1, 0.15) is 54.0 Å². The van der Waals surface area contributed by atoms with E-state index >= 15 is 0 Å². The fraction of sp³-hybridized carbons (Fsp3) is 0.457. The zero-order chi connectivity index (χ0) is 32.8. The fourth-order valence-electron chi connectivity index (χ4n) is 6.65. The van der Waals surface area contributed by atoms with Crippen molar-refractivity contribution in [2.24, 2.45) is 5.92 Å². The van der Waals surface area contributed by atoms with Crippen LogP contribution in [-0.4, -0.2) is 69.1 Å². The second-order valence-corrected chi connectivity index (χ2v) is 20.4. The molecule has 0 N–H and O–H groups in total. The van der Waals surface area contributed by atoms with Gasteiger partial charge in [0, 0.05) is 19.0 Å². The zero-order valence-electron chi connectivity index (χ0n) is 27.6. The third-order valence-corrected chi connectivity index (χ3v) is 15.7. The topological polar surface area (TPSA) is 85.4 Å². The summed E-state index contributed by atoms with van der Waals surface area (Å²) in [7, 11) is -6.78. The third kappa shape index (κ3) is 6.48. The predicted octanol–water partition coefficient (Wildman–Crippen LogP) is 5.50. The lowest BCUT2D eigenvalue weighted by Crippen LogP contribution is -2.68. The van der Waals surface area contributed by atoms with Crippen LogP contribution >= 0.6 is 0 Å². The van der Waals surface area contributed by atoms with Gasteiger partial charge in [-0.25, -0.2) is 13.2 Å². The summed E-state index contributed by atoms with van der Waals surface area (Å²) in [6.45, 7) is 16.2. The molecule has 2 fully saturated rings. The van der Waals surface area contributed by atoms with Crippen molar-refractivity contribution in [3.63, 3.8) is 0 Å². The maximum absolute atomic E-state index is 13.8. The lowest BCUT2D eigenvalue weighted by atomic mass is 9.95. The highest BCUT2D eigenvalue weighted by atomic mass is 32.2. The van der Waals surface area contributed by atoms with Gasteiger partial charge in [0.25, 0.3) is 8.32 Å². The van der Waals surface area contributed by atoms with Gasteiger partial charge in [0.05, 0.1) is 17.0 Å². The molecule has 0 saturated carbocycles. The summed E-state index contributed by atoms with van der Waals surface area (Å²) in [6, 6.07) is 27.0. The van der Waals surface area contributed by atoms with E-state index in [1.54, 1.807) is 45.0 Å². The highest BCUT2D eigenvalue weighted by molar-refractivity contribution is 7.89. The number of aryl methyl sites for hydroxylation is 1. The monoisotopic (exact) mass is 650 g/mol. The summed E-state index contributed by atoms with van der Waals surface area (Å²) in [5, 5.41) is 3.24. The van der Waals surface area contributed by atoms with Crippen molar-refractivity contribution < 1.29 is 27.2 Å². The van der Waals surface area contributed by atoms with E-state index in [1.807, 2.05) is 50.2 Å². The minimum atomic E-state index is -3.81. The maximum Gasteiger partial charge on any atom is 0.434 e. The number of hydroxylamine groups is 2. The molecule has 2 aliphatic heterocycles. The first-order valence-corrected chi connectivity index (χ1v) is 18.9. The van der Waals surface area contributed by atoms with Gasteiger partial charge in [0.2, 0.25) is 10.0 Å². The summed E-state index contributed by atoms with van der Waals surface area (Å²) in [4.78, 5) is 20.2. The number of hydrogen-bond acceptors (Lipinski definition) is 6. The fourth-order valence-corrected chi connectivity index (χ4v) is 12.8. The summed E-state index contributed by atoms with van der Waals surface area (Å²) in [6.07, 6.45) is -1.71. The van der Waals surface area contributed by atoms with Crippen LogP contribution in [0.25, 0.3) is 0 Å². The second kappa shape index (κ2) is 12.3. The molecular weight excluding hydrogens is 605 g/mol. The maximum atomic E-state index is 13.8. The lowest BCUT2D eigenvalue weighted by Gasteiger charge is -2.45. The summed E-state index contributed by atoms with van der Waals surface area (Å²) >= 11 is 0. The van der Waals surface area contributed by atoms with Crippen molar-refractivity contribution in [1.82, 2.24) is 9.37 Å². The van der Waals surface area contributed by atoms with E-state index in [4.69, 9.17) is 14.0 Å². The van der Waals surface area contributed by atoms with E-state index in [1.165, 1.54) is 9.37 Å². The smallest absolute Gasteiger partial charge is 0.434 e. The standard InChI is InChI=1S/C35H46N2O6SSi/c1-25-19-21-27(22-20-25)44(39,40)36-23-30-31(24-36)37(33(38)41-34(3,4)5)42-32(30)26(2)43-45(35(6,7)8,28-15-11-9-12-16-28)29-17-13-10-14-18-29/h9-22,26,30-32H,23-24H2,1-8H3/t26-,30+,31-,32-/m0/s1. The van der Waals surface area contributed by atoms with E-state index in [9.17, 15) is 13.2 Å². The predicted molar refractivity (Wildman–Crippen MR) is 178 cm³/mol. The van der Waals surface area contributed by atoms with Crippen molar-refractivity contribution in [2.45, 2.75) is 89.2 Å². The molecule has 2 heterocycles. The van der Waals surface area contributed by atoms with Crippen LogP contribution in [0.15, 0.2) is 89.8 Å². The van der Waals surface area contributed by atoms with Gasteiger partial charge in [0.15, 0.2) is 0 Å². The molecule has 2 saturated heterocycles. The van der Waals surface area contributed by atoms with Crippen molar-refractivity contribution in [3.05, 3.63) is 90.5 Å². The molecule has 45 heavy (non-hydrogen) atoms. The Balaban J connectivity index is 1.54. The van der Waals surface area contributed by atoms with Gasteiger partial charge in [-0.1, -0.05) is 99.1 Å². The summed E-state index contributed by atoms with van der Waals surface area (Å²) in [5.41, 5.74) is 0.225. The van der Waals surface area contributed by atoms with Crippen LogP contribution < -0.4 is 10.4 Å². The Morgan fingerprint density at radius 2 is 1.40 bits per heavy atom. The SMILES string of the molecule is Cc1ccc(S(=O)(=O)N2C[C@H]3[C@H]([C@H](C)O[Si](c4ccccc4)(c4ccccc4)C(C)(C)C)ON(C(=O)OC(C)(C)C)[C@H]3C2)cc1. The Morgan fingerprint density at radius 3 is 1.89 bits per heavy atom. The Bertz CT molecular complexity index is 1550. The largest absolute Gasteiger partial charge is 0.442 e. The molecule has 0 unspecified atom stereocenters. The number of fused-ring (bicyclic) bond motifs is 1. The first-order chi connectivity index (χ1) is 21.0. The minimum Gasteiger partial charge on any atom is -0.442 e. The van der Waals surface area contributed by atoms with Crippen molar-refractivity contribution in [2.75, 3.05) is 13.1 Å². The number of benzene rings is 3. The zero-order valence-corrected chi connectivity index (χ0v) is 29.4. The molecule has 5 rings (SSSR count). The molecule has 0 aromatic heterocycles. The van der Waals surface area contributed by atoms with Gasteiger partial charge in [0.1, 0.15) is 11.7 Å². The number of carbonyl (C=O) groups excluding carboxylic acids is 1.